The number of thiophene rings is 1. The fraction of sp³-hybridized carbons (Fsp3) is 0.120. The molecule has 4 heteroatoms. The van der Waals surface area contributed by atoms with Gasteiger partial charge in [-0.2, -0.15) is 0 Å². The topological polar surface area (TPSA) is 3.24 Å². The van der Waals surface area contributed by atoms with Crippen molar-refractivity contribution in [2.24, 2.45) is 0 Å². The number of fused-ring (bicyclic) bond motifs is 3. The molecular formula is C25H19Cl2NS. The number of anilines is 3. The molecule has 144 valence electrons. The van der Waals surface area contributed by atoms with Crippen molar-refractivity contribution in [1.29, 1.82) is 0 Å². The minimum Gasteiger partial charge on any atom is -0.308 e. The van der Waals surface area contributed by atoms with Crippen molar-refractivity contribution >= 4 is 51.6 Å². The van der Waals surface area contributed by atoms with E-state index in [4.69, 9.17) is 23.2 Å². The van der Waals surface area contributed by atoms with E-state index < -0.39 is 0 Å². The fourth-order valence-corrected chi connectivity index (χ4v) is 5.94. The van der Waals surface area contributed by atoms with Gasteiger partial charge in [0, 0.05) is 26.9 Å². The van der Waals surface area contributed by atoms with Crippen LogP contribution >= 0.6 is 34.5 Å². The van der Waals surface area contributed by atoms with Gasteiger partial charge in [0.1, 0.15) is 0 Å². The predicted molar refractivity (Wildman–Crippen MR) is 127 cm³/mol. The largest absolute Gasteiger partial charge is 0.308 e. The maximum atomic E-state index is 6.70. The summed E-state index contributed by atoms with van der Waals surface area (Å²) in [5.74, 6) is 0. The third-order valence-electron chi connectivity index (χ3n) is 5.67. The normalized spacial score (nSPS) is 13.8. The molecule has 0 bridgehead atoms. The smallest absolute Gasteiger partial charge is 0.0832 e. The first kappa shape index (κ1) is 18.7. The second-order valence-corrected chi connectivity index (χ2v) is 9.40. The van der Waals surface area contributed by atoms with E-state index in [0.29, 0.717) is 10.0 Å². The highest BCUT2D eigenvalue weighted by Gasteiger charge is 2.40. The van der Waals surface area contributed by atoms with E-state index in [-0.39, 0.29) is 5.41 Å². The summed E-state index contributed by atoms with van der Waals surface area (Å²) in [4.78, 5) is 3.57. The van der Waals surface area contributed by atoms with Gasteiger partial charge in [0.25, 0.3) is 0 Å². The van der Waals surface area contributed by atoms with Crippen LogP contribution in [0.3, 0.4) is 0 Å². The van der Waals surface area contributed by atoms with Gasteiger partial charge in [-0.3, -0.25) is 0 Å². The van der Waals surface area contributed by atoms with Gasteiger partial charge in [-0.25, -0.2) is 0 Å². The van der Waals surface area contributed by atoms with Crippen LogP contribution in [0.1, 0.15) is 25.0 Å². The maximum Gasteiger partial charge on any atom is 0.0832 e. The van der Waals surface area contributed by atoms with Crippen LogP contribution in [0, 0.1) is 0 Å². The molecule has 3 aromatic carbocycles. The molecule has 1 heterocycles. The van der Waals surface area contributed by atoms with Gasteiger partial charge in [-0.15, -0.1) is 11.3 Å². The number of nitrogens with zero attached hydrogens (tertiary/aromatic N) is 1. The Labute approximate surface area is 185 Å². The summed E-state index contributed by atoms with van der Waals surface area (Å²) in [6, 6.07) is 24.9. The van der Waals surface area contributed by atoms with Crippen molar-refractivity contribution < 1.29 is 0 Å². The van der Waals surface area contributed by atoms with E-state index in [1.807, 2.05) is 36.4 Å². The molecule has 5 rings (SSSR count). The monoisotopic (exact) mass is 435 g/mol. The number of rotatable bonds is 3. The molecule has 0 aliphatic heterocycles. The van der Waals surface area contributed by atoms with Crippen LogP contribution in [0.4, 0.5) is 17.1 Å². The van der Waals surface area contributed by atoms with Crippen molar-refractivity contribution in [2.75, 3.05) is 4.90 Å². The van der Waals surface area contributed by atoms with E-state index in [2.05, 4.69) is 60.5 Å². The summed E-state index contributed by atoms with van der Waals surface area (Å²) in [6.45, 7) is 4.60. The average Bonchev–Trinajstić information content (AvgIpc) is 3.26. The first-order valence-electron chi connectivity index (χ1n) is 9.51. The van der Waals surface area contributed by atoms with Gasteiger partial charge in [0.2, 0.25) is 0 Å². The van der Waals surface area contributed by atoms with Gasteiger partial charge >= 0.3 is 0 Å². The third-order valence-corrected chi connectivity index (χ3v) is 7.48. The maximum absolute atomic E-state index is 6.70. The molecule has 0 saturated carbocycles. The van der Waals surface area contributed by atoms with Crippen molar-refractivity contribution in [3.63, 3.8) is 0 Å². The van der Waals surface area contributed by atoms with Crippen LogP contribution in [0.15, 0.2) is 78.2 Å². The van der Waals surface area contributed by atoms with E-state index >= 15 is 0 Å². The third kappa shape index (κ3) is 2.82. The molecule has 0 N–H and O–H groups in total. The molecule has 4 aromatic rings. The van der Waals surface area contributed by atoms with E-state index in [1.54, 1.807) is 11.3 Å². The van der Waals surface area contributed by atoms with Gasteiger partial charge in [-0.05, 0) is 35.4 Å². The lowest BCUT2D eigenvalue weighted by Crippen LogP contribution is -2.19. The van der Waals surface area contributed by atoms with Crippen LogP contribution in [0.5, 0.6) is 0 Å². The zero-order valence-electron chi connectivity index (χ0n) is 16.1. The second-order valence-electron chi connectivity index (χ2n) is 7.74. The van der Waals surface area contributed by atoms with Crippen molar-refractivity contribution in [3.05, 3.63) is 99.3 Å². The molecule has 0 atom stereocenters. The highest BCUT2D eigenvalue weighted by Crippen LogP contribution is 2.57. The molecule has 0 fully saturated rings. The predicted octanol–water partition coefficient (Wildman–Crippen LogP) is 8.83. The number of hydrogen-bond donors (Lipinski definition) is 0. The first-order chi connectivity index (χ1) is 14.0. The highest BCUT2D eigenvalue weighted by molar-refractivity contribution is 7.14. The summed E-state index contributed by atoms with van der Waals surface area (Å²) in [5.41, 5.74) is 7.04. The molecule has 1 aliphatic rings. The first-order valence-corrected chi connectivity index (χ1v) is 11.1. The molecule has 0 spiro atoms. The summed E-state index contributed by atoms with van der Waals surface area (Å²) >= 11 is 14.9. The van der Waals surface area contributed by atoms with Crippen LogP contribution in [0.25, 0.3) is 10.4 Å². The zero-order valence-corrected chi connectivity index (χ0v) is 18.4. The molecule has 1 aromatic heterocycles. The van der Waals surface area contributed by atoms with Gasteiger partial charge in [-0.1, -0.05) is 85.6 Å². The summed E-state index contributed by atoms with van der Waals surface area (Å²) in [7, 11) is 0. The quantitative estimate of drug-likeness (QED) is 0.310. The Morgan fingerprint density at radius 3 is 2.31 bits per heavy atom. The van der Waals surface area contributed by atoms with E-state index in [9.17, 15) is 0 Å². The number of para-hydroxylation sites is 1. The number of benzene rings is 3. The standard InChI is InChI=1S/C25H19Cl2NS/c1-25(2)18-12-7-6-11-17(18)24-22(25)21(15-29-24)28(16-9-4-3-5-10-16)20-14-8-13-19(26)23(20)27/h3-15H,1-2H3. The lowest BCUT2D eigenvalue weighted by molar-refractivity contribution is 0.662. The Morgan fingerprint density at radius 1 is 0.793 bits per heavy atom. The highest BCUT2D eigenvalue weighted by atomic mass is 35.5. The minimum absolute atomic E-state index is 0.0979. The second kappa shape index (κ2) is 6.91. The SMILES string of the molecule is CC1(C)c2ccccc2-c2scc(N(c3ccccc3)c3cccc(Cl)c3Cl)c21. The van der Waals surface area contributed by atoms with Crippen LogP contribution < -0.4 is 4.90 Å². The Hall–Kier alpha value is -2.26. The number of hydrogen-bond acceptors (Lipinski definition) is 2. The molecule has 1 nitrogen and oxygen atoms in total. The Morgan fingerprint density at radius 2 is 1.52 bits per heavy atom. The van der Waals surface area contributed by atoms with Crippen LogP contribution in [-0.4, -0.2) is 0 Å². The van der Waals surface area contributed by atoms with Gasteiger partial charge in [0.05, 0.1) is 21.4 Å². The molecule has 0 unspecified atom stereocenters. The van der Waals surface area contributed by atoms with Gasteiger partial charge in [0.15, 0.2) is 0 Å². The van der Waals surface area contributed by atoms with Gasteiger partial charge < -0.3 is 4.90 Å². The molecule has 0 saturated heterocycles. The summed E-state index contributed by atoms with van der Waals surface area (Å²) in [6.07, 6.45) is 0. The Bertz CT molecular complexity index is 1210. The van der Waals surface area contributed by atoms with Crippen molar-refractivity contribution in [1.82, 2.24) is 0 Å². The van der Waals surface area contributed by atoms with Crippen LogP contribution in [0.2, 0.25) is 10.0 Å². The summed E-state index contributed by atoms with van der Waals surface area (Å²) in [5, 5.41) is 3.36. The van der Waals surface area contributed by atoms with E-state index in [1.165, 1.54) is 21.6 Å². The molecule has 0 amide bonds. The van der Waals surface area contributed by atoms with E-state index in [0.717, 1.165) is 17.1 Å². The lowest BCUT2D eigenvalue weighted by Gasteiger charge is -2.30. The average molecular weight is 436 g/mol. The fourth-order valence-electron chi connectivity index (χ4n) is 4.33. The Kier molecular flexibility index (Phi) is 4.47. The molecular weight excluding hydrogens is 417 g/mol. The minimum atomic E-state index is -0.0979. The number of halogens is 2. The molecule has 29 heavy (non-hydrogen) atoms. The molecule has 1 aliphatic carbocycles. The van der Waals surface area contributed by atoms with Crippen molar-refractivity contribution in [3.8, 4) is 10.4 Å². The summed E-state index contributed by atoms with van der Waals surface area (Å²) < 4.78 is 0. The van der Waals surface area contributed by atoms with Crippen molar-refractivity contribution in [2.45, 2.75) is 19.3 Å². The Balaban J connectivity index is 1.79. The zero-order chi connectivity index (χ0) is 20.2. The lowest BCUT2D eigenvalue weighted by atomic mass is 9.82. The molecule has 0 radical (unpaired) electrons. The van der Waals surface area contributed by atoms with Crippen LogP contribution in [-0.2, 0) is 5.41 Å².